The second kappa shape index (κ2) is 10.8. The van der Waals surface area contributed by atoms with Crippen molar-refractivity contribution in [2.75, 3.05) is 73.7 Å². The molecule has 0 spiro atoms. The highest BCUT2D eigenvalue weighted by molar-refractivity contribution is 5.94. The van der Waals surface area contributed by atoms with Crippen LogP contribution in [0.2, 0.25) is 0 Å². The summed E-state index contributed by atoms with van der Waals surface area (Å²) in [5, 5.41) is 8.00. The number of piperazine rings is 1. The average molecular weight is 577 g/mol. The molecular weight excluding hydrogens is 548 g/mol. The maximum absolute atomic E-state index is 13.4. The fourth-order valence-electron chi connectivity index (χ4n) is 5.36. The Labute approximate surface area is 231 Å². The van der Waals surface area contributed by atoms with Gasteiger partial charge in [-0.2, -0.15) is 18.3 Å². The van der Waals surface area contributed by atoms with Crippen LogP contribution >= 0.6 is 0 Å². The lowest BCUT2D eigenvalue weighted by Gasteiger charge is -2.38. The van der Waals surface area contributed by atoms with Crippen molar-refractivity contribution < 1.29 is 27.1 Å². The van der Waals surface area contributed by atoms with Crippen molar-refractivity contribution in [2.45, 2.75) is 24.9 Å². The molecule has 3 aliphatic heterocycles. The van der Waals surface area contributed by atoms with Crippen LogP contribution in [0.3, 0.4) is 0 Å². The molecule has 3 aliphatic rings. The van der Waals surface area contributed by atoms with Crippen LogP contribution < -0.4 is 20.3 Å². The largest absolute Gasteiger partial charge is 0.419 e. The summed E-state index contributed by atoms with van der Waals surface area (Å²) in [6.07, 6.45) is -4.09. The van der Waals surface area contributed by atoms with Crippen molar-refractivity contribution in [2.24, 2.45) is 0 Å². The van der Waals surface area contributed by atoms with E-state index in [1.165, 1.54) is 0 Å². The highest BCUT2D eigenvalue weighted by Gasteiger charge is 2.33. The van der Waals surface area contributed by atoms with Crippen LogP contribution in [0.4, 0.5) is 35.0 Å². The van der Waals surface area contributed by atoms with Crippen molar-refractivity contribution in [1.82, 2.24) is 25.1 Å². The van der Waals surface area contributed by atoms with E-state index < -0.39 is 24.0 Å². The Bertz CT molecular complexity index is 1470. The first-order valence-electron chi connectivity index (χ1n) is 13.4. The Hall–Kier alpha value is -4.01. The summed E-state index contributed by atoms with van der Waals surface area (Å²) in [4.78, 5) is 40.6. The van der Waals surface area contributed by atoms with Gasteiger partial charge in [-0.25, -0.2) is 19.5 Å². The molecule has 3 aromatic rings. The normalized spacial score (nSPS) is 20.4. The number of rotatable bonds is 5. The Morgan fingerprint density at radius 2 is 1.71 bits per heavy atom. The van der Waals surface area contributed by atoms with Gasteiger partial charge >= 0.3 is 6.18 Å². The van der Waals surface area contributed by atoms with Gasteiger partial charge in [0.05, 0.1) is 43.2 Å². The molecular formula is C26H28F4N8O3. The first kappa shape index (κ1) is 27.2. The van der Waals surface area contributed by atoms with Crippen LogP contribution in [0.15, 0.2) is 35.4 Å². The van der Waals surface area contributed by atoms with E-state index in [-0.39, 0.29) is 23.8 Å². The molecule has 0 saturated carbocycles. The number of hydrogen-bond donors (Lipinski definition) is 1. The predicted molar refractivity (Wildman–Crippen MR) is 142 cm³/mol. The van der Waals surface area contributed by atoms with Crippen molar-refractivity contribution in [3.05, 3.63) is 46.5 Å². The minimum absolute atomic E-state index is 0.0926. The van der Waals surface area contributed by atoms with Crippen LogP contribution in [0.25, 0.3) is 10.8 Å². The molecule has 5 heterocycles. The van der Waals surface area contributed by atoms with E-state index >= 15 is 0 Å². The zero-order chi connectivity index (χ0) is 28.7. The first-order valence-corrected chi connectivity index (χ1v) is 13.4. The maximum Gasteiger partial charge on any atom is 0.419 e. The van der Waals surface area contributed by atoms with Gasteiger partial charge < -0.3 is 24.3 Å². The third kappa shape index (κ3) is 5.62. The molecule has 1 amide bonds. The minimum Gasteiger partial charge on any atom is -0.374 e. The van der Waals surface area contributed by atoms with Gasteiger partial charge in [-0.1, -0.05) is 0 Å². The Morgan fingerprint density at radius 3 is 2.39 bits per heavy atom. The molecule has 11 nitrogen and oxygen atoms in total. The Morgan fingerprint density at radius 1 is 0.976 bits per heavy atom. The van der Waals surface area contributed by atoms with Gasteiger partial charge in [0.2, 0.25) is 11.9 Å². The fraction of sp³-hybridized carbons (Fsp3) is 0.500. The molecule has 3 fully saturated rings. The smallest absolute Gasteiger partial charge is 0.374 e. The maximum atomic E-state index is 13.4. The van der Waals surface area contributed by atoms with Gasteiger partial charge in [-0.15, -0.1) is 0 Å². The van der Waals surface area contributed by atoms with Gasteiger partial charge in [0.25, 0.3) is 5.56 Å². The summed E-state index contributed by atoms with van der Waals surface area (Å²) < 4.78 is 57.7. The van der Waals surface area contributed by atoms with Crippen molar-refractivity contribution in [3.63, 3.8) is 0 Å². The molecule has 218 valence electrons. The number of aromatic nitrogens is 4. The number of carbonyl (C=O) groups is 1. The number of carbonyl (C=O) groups excluding carboxylic acids is 1. The molecule has 0 aliphatic carbocycles. The van der Waals surface area contributed by atoms with Crippen LogP contribution in [-0.2, 0) is 15.7 Å². The SMILES string of the molecule is O=C(C[C@@H]1CN(c2n[nH]c(=O)c3ccc(N4CC(F)C4)cc23)CCO1)N1CCN(c2ncc(C(F)(F)F)cn2)CC1. The molecule has 6 rings (SSSR count). The summed E-state index contributed by atoms with van der Waals surface area (Å²) in [5.41, 5.74) is -0.405. The van der Waals surface area contributed by atoms with E-state index in [2.05, 4.69) is 20.2 Å². The molecule has 41 heavy (non-hydrogen) atoms. The van der Waals surface area contributed by atoms with Crippen LogP contribution in [0, 0.1) is 0 Å². The Balaban J connectivity index is 1.08. The van der Waals surface area contributed by atoms with Crippen molar-refractivity contribution in [3.8, 4) is 0 Å². The van der Waals surface area contributed by atoms with Gasteiger partial charge in [0.1, 0.15) is 6.17 Å². The van der Waals surface area contributed by atoms with Gasteiger partial charge in [0.15, 0.2) is 5.82 Å². The third-order valence-electron chi connectivity index (χ3n) is 7.68. The summed E-state index contributed by atoms with van der Waals surface area (Å²) in [7, 11) is 0. The summed E-state index contributed by atoms with van der Waals surface area (Å²) in [6, 6.07) is 5.38. The highest BCUT2D eigenvalue weighted by Crippen LogP contribution is 2.31. The zero-order valence-electron chi connectivity index (χ0n) is 22.0. The van der Waals surface area contributed by atoms with Crippen molar-refractivity contribution >= 4 is 34.1 Å². The predicted octanol–water partition coefficient (Wildman–Crippen LogP) is 1.83. The van der Waals surface area contributed by atoms with E-state index in [0.717, 1.165) is 18.1 Å². The quantitative estimate of drug-likeness (QED) is 0.455. The fourth-order valence-corrected chi connectivity index (χ4v) is 5.36. The lowest BCUT2D eigenvalue weighted by atomic mass is 10.1. The van der Waals surface area contributed by atoms with Gasteiger partial charge in [0, 0.05) is 62.7 Å². The number of nitrogens with zero attached hydrogens (tertiary/aromatic N) is 7. The monoisotopic (exact) mass is 576 g/mol. The highest BCUT2D eigenvalue weighted by atomic mass is 19.4. The number of nitrogens with one attached hydrogen (secondary N) is 1. The van der Waals surface area contributed by atoms with E-state index in [9.17, 15) is 27.2 Å². The topological polar surface area (TPSA) is 111 Å². The molecule has 3 saturated heterocycles. The standard InChI is InChI=1S/C26H28F4N8O3/c27-17-13-38(14-17)18-1-2-20-21(9-18)23(33-34-24(20)40)37-7-8-41-19(15-37)10-22(39)35-3-5-36(6-4-35)25-31-11-16(12-32-25)26(28,29)30/h1-2,9,11-12,17,19H,3-8,10,13-15H2,(H,34,40)/t19-/m1/s1. The van der Waals surface area contributed by atoms with Crippen LogP contribution in [0.5, 0.6) is 0 Å². The number of alkyl halides is 4. The number of aromatic amines is 1. The molecule has 0 bridgehead atoms. The van der Waals surface area contributed by atoms with E-state index in [1.807, 2.05) is 15.9 Å². The van der Waals surface area contributed by atoms with Crippen molar-refractivity contribution in [1.29, 1.82) is 0 Å². The summed E-state index contributed by atoms with van der Waals surface area (Å²) in [6.45, 7) is 3.44. The number of ether oxygens (including phenoxy) is 1. The van der Waals surface area contributed by atoms with E-state index in [4.69, 9.17) is 4.74 Å². The number of anilines is 3. The van der Waals surface area contributed by atoms with E-state index in [0.29, 0.717) is 75.6 Å². The number of amides is 1. The summed E-state index contributed by atoms with van der Waals surface area (Å²) >= 11 is 0. The number of H-pyrrole nitrogens is 1. The van der Waals surface area contributed by atoms with Gasteiger partial charge in [-0.3, -0.25) is 9.59 Å². The molecule has 1 atom stereocenters. The molecule has 15 heteroatoms. The Kier molecular flexibility index (Phi) is 7.13. The molecule has 1 N–H and O–H groups in total. The third-order valence-corrected chi connectivity index (χ3v) is 7.68. The number of morpholine rings is 1. The van der Waals surface area contributed by atoms with E-state index in [1.54, 1.807) is 21.9 Å². The van der Waals surface area contributed by atoms with Gasteiger partial charge in [-0.05, 0) is 18.2 Å². The number of benzene rings is 1. The molecule has 1 aromatic carbocycles. The average Bonchev–Trinajstić information content (AvgIpc) is 2.95. The lowest BCUT2D eigenvalue weighted by Crippen LogP contribution is -2.51. The minimum atomic E-state index is -4.50. The second-order valence-corrected chi connectivity index (χ2v) is 10.4. The zero-order valence-corrected chi connectivity index (χ0v) is 22.0. The van der Waals surface area contributed by atoms with Crippen LogP contribution in [0.1, 0.15) is 12.0 Å². The summed E-state index contributed by atoms with van der Waals surface area (Å²) in [5.74, 6) is 0.674. The first-order chi connectivity index (χ1) is 19.7. The van der Waals surface area contributed by atoms with Crippen LogP contribution in [-0.4, -0.2) is 102 Å². The second-order valence-electron chi connectivity index (χ2n) is 10.4. The molecule has 2 aromatic heterocycles. The number of fused-ring (bicyclic) bond motifs is 1. The molecule has 0 radical (unpaired) electrons. The molecule has 0 unspecified atom stereocenters. The lowest BCUT2D eigenvalue weighted by molar-refractivity contribution is -0.138. The number of halogens is 4. The number of hydrogen-bond acceptors (Lipinski definition) is 9.